The molecule has 74 valence electrons. The number of aldehydes is 1. The first kappa shape index (κ1) is 10.3. The first-order valence-electron chi connectivity index (χ1n) is 5.28. The second-order valence-electron chi connectivity index (χ2n) is 3.58. The number of carbonyl (C=O) groups is 1. The molecule has 1 fully saturated rings. The number of hydrogen-bond donors (Lipinski definition) is 0. The van der Waals surface area contributed by atoms with Gasteiger partial charge in [0.1, 0.15) is 0 Å². The predicted octanol–water partition coefficient (Wildman–Crippen LogP) is 2.36. The van der Waals surface area contributed by atoms with Gasteiger partial charge in [-0.1, -0.05) is 19.4 Å². The van der Waals surface area contributed by atoms with Gasteiger partial charge in [0.2, 0.25) is 0 Å². The van der Waals surface area contributed by atoms with Crippen molar-refractivity contribution < 1.29 is 4.79 Å². The second kappa shape index (κ2) is 5.79. The Morgan fingerprint density at radius 1 is 1.31 bits per heavy atom. The lowest BCUT2D eigenvalue weighted by atomic mass is 10.1. The fourth-order valence-corrected chi connectivity index (χ4v) is 1.70. The van der Waals surface area contributed by atoms with Crippen LogP contribution in [0.4, 0.5) is 0 Å². The summed E-state index contributed by atoms with van der Waals surface area (Å²) in [5.74, 6) is 0. The lowest BCUT2D eigenvalue weighted by Gasteiger charge is -2.28. The fraction of sp³-hybridized carbons (Fsp3) is 0.727. The average Bonchev–Trinajstić information content (AvgIpc) is 2.21. The highest BCUT2D eigenvalue weighted by Crippen LogP contribution is 2.13. The van der Waals surface area contributed by atoms with E-state index < -0.39 is 0 Å². The van der Waals surface area contributed by atoms with E-state index >= 15 is 0 Å². The zero-order valence-corrected chi connectivity index (χ0v) is 8.46. The van der Waals surface area contributed by atoms with E-state index in [1.54, 1.807) is 0 Å². The van der Waals surface area contributed by atoms with Crippen LogP contribution in [0.3, 0.4) is 0 Å². The molecule has 0 saturated carbocycles. The molecule has 2 nitrogen and oxygen atoms in total. The highest BCUT2D eigenvalue weighted by molar-refractivity contribution is 5.72. The van der Waals surface area contributed by atoms with Gasteiger partial charge in [-0.3, -0.25) is 4.79 Å². The summed E-state index contributed by atoms with van der Waals surface area (Å²) in [6.45, 7) is 4.26. The molecule has 1 aliphatic rings. The van der Waals surface area contributed by atoms with Crippen LogP contribution < -0.4 is 0 Å². The van der Waals surface area contributed by atoms with Gasteiger partial charge in [0.25, 0.3) is 0 Å². The van der Waals surface area contributed by atoms with Crippen molar-refractivity contribution in [3.8, 4) is 0 Å². The molecule has 0 aromatic carbocycles. The number of rotatable bonds is 4. The normalized spacial score (nSPS) is 18.8. The van der Waals surface area contributed by atoms with Crippen molar-refractivity contribution in [2.45, 2.75) is 39.0 Å². The summed E-state index contributed by atoms with van der Waals surface area (Å²) in [7, 11) is 0. The highest BCUT2D eigenvalue weighted by atomic mass is 16.1. The molecule has 0 amide bonds. The Morgan fingerprint density at radius 2 is 2.00 bits per heavy atom. The number of likely N-dealkylation sites (tertiary alicyclic amines) is 1. The van der Waals surface area contributed by atoms with Crippen molar-refractivity contribution in [1.29, 1.82) is 0 Å². The maximum atomic E-state index is 10.8. The van der Waals surface area contributed by atoms with Crippen LogP contribution in [0.1, 0.15) is 39.0 Å². The average molecular weight is 181 g/mol. The molecular weight excluding hydrogens is 162 g/mol. The SMILES string of the molecule is CCC/C=C(\C=O)N1CCCCC1. The van der Waals surface area contributed by atoms with Crippen LogP contribution in [0.5, 0.6) is 0 Å². The Morgan fingerprint density at radius 3 is 2.54 bits per heavy atom. The third-order valence-corrected chi connectivity index (χ3v) is 2.48. The van der Waals surface area contributed by atoms with Crippen molar-refractivity contribution in [1.82, 2.24) is 4.90 Å². The van der Waals surface area contributed by atoms with E-state index in [0.717, 1.165) is 37.9 Å². The maximum absolute atomic E-state index is 10.8. The van der Waals surface area contributed by atoms with Crippen LogP contribution in [0.2, 0.25) is 0 Å². The van der Waals surface area contributed by atoms with Crippen molar-refractivity contribution in [3.05, 3.63) is 11.8 Å². The van der Waals surface area contributed by atoms with Crippen LogP contribution in [0.25, 0.3) is 0 Å². The summed E-state index contributed by atoms with van der Waals surface area (Å²) >= 11 is 0. The molecule has 2 heteroatoms. The van der Waals surface area contributed by atoms with E-state index in [0.29, 0.717) is 0 Å². The Kier molecular flexibility index (Phi) is 4.58. The molecule has 0 aliphatic carbocycles. The first-order valence-corrected chi connectivity index (χ1v) is 5.28. The van der Waals surface area contributed by atoms with Gasteiger partial charge in [-0.05, 0) is 25.7 Å². The van der Waals surface area contributed by atoms with Gasteiger partial charge >= 0.3 is 0 Å². The molecule has 1 heterocycles. The topological polar surface area (TPSA) is 20.3 Å². The number of allylic oxidation sites excluding steroid dienone is 2. The third kappa shape index (κ3) is 3.21. The highest BCUT2D eigenvalue weighted by Gasteiger charge is 2.11. The molecule has 0 bridgehead atoms. The molecule has 1 rings (SSSR count). The summed E-state index contributed by atoms with van der Waals surface area (Å²) in [4.78, 5) is 13.0. The number of carbonyl (C=O) groups excluding carboxylic acids is 1. The van der Waals surface area contributed by atoms with Crippen LogP contribution in [0, 0.1) is 0 Å². The smallest absolute Gasteiger partial charge is 0.165 e. The van der Waals surface area contributed by atoms with Gasteiger partial charge in [-0.2, -0.15) is 0 Å². The van der Waals surface area contributed by atoms with Crippen LogP contribution in [0.15, 0.2) is 11.8 Å². The summed E-state index contributed by atoms with van der Waals surface area (Å²) in [6, 6.07) is 0. The van der Waals surface area contributed by atoms with Crippen LogP contribution >= 0.6 is 0 Å². The predicted molar refractivity (Wildman–Crippen MR) is 54.5 cm³/mol. The van der Waals surface area contributed by atoms with Crippen LogP contribution in [-0.2, 0) is 4.79 Å². The number of hydrogen-bond acceptors (Lipinski definition) is 2. The van der Waals surface area contributed by atoms with E-state index in [4.69, 9.17) is 0 Å². The molecule has 0 aromatic heterocycles. The Bertz CT molecular complexity index is 181. The number of nitrogens with zero attached hydrogens (tertiary/aromatic N) is 1. The molecule has 1 saturated heterocycles. The summed E-state index contributed by atoms with van der Waals surface area (Å²) in [5.41, 5.74) is 0.904. The van der Waals surface area contributed by atoms with E-state index in [2.05, 4.69) is 17.9 Å². The van der Waals surface area contributed by atoms with Gasteiger partial charge in [-0.25, -0.2) is 0 Å². The zero-order valence-electron chi connectivity index (χ0n) is 8.46. The van der Waals surface area contributed by atoms with Gasteiger partial charge in [-0.15, -0.1) is 0 Å². The van der Waals surface area contributed by atoms with Crippen molar-refractivity contribution in [2.75, 3.05) is 13.1 Å². The van der Waals surface area contributed by atoms with E-state index in [1.165, 1.54) is 19.3 Å². The quantitative estimate of drug-likeness (QED) is 0.490. The van der Waals surface area contributed by atoms with E-state index in [9.17, 15) is 4.79 Å². The lowest BCUT2D eigenvalue weighted by Crippen LogP contribution is -2.29. The standard InChI is InChI=1S/C11H19NO/c1-2-3-7-11(10-13)12-8-5-4-6-9-12/h7,10H,2-6,8-9H2,1H3/b11-7+. The molecule has 0 aromatic rings. The van der Waals surface area contributed by atoms with E-state index in [-0.39, 0.29) is 0 Å². The largest absolute Gasteiger partial charge is 0.369 e. The molecule has 1 aliphatic heterocycles. The first-order chi connectivity index (χ1) is 6.38. The zero-order chi connectivity index (χ0) is 9.52. The molecule has 0 unspecified atom stereocenters. The van der Waals surface area contributed by atoms with Gasteiger partial charge < -0.3 is 4.90 Å². The van der Waals surface area contributed by atoms with Crippen molar-refractivity contribution >= 4 is 6.29 Å². The van der Waals surface area contributed by atoms with Gasteiger partial charge in [0.05, 0.1) is 5.70 Å². The van der Waals surface area contributed by atoms with Crippen LogP contribution in [-0.4, -0.2) is 24.3 Å². The van der Waals surface area contributed by atoms with Crippen molar-refractivity contribution in [3.63, 3.8) is 0 Å². The minimum Gasteiger partial charge on any atom is -0.369 e. The lowest BCUT2D eigenvalue weighted by molar-refractivity contribution is -0.106. The molecule has 0 spiro atoms. The number of unbranched alkanes of at least 4 members (excludes halogenated alkanes) is 1. The van der Waals surface area contributed by atoms with Gasteiger partial charge in [0, 0.05) is 13.1 Å². The number of piperidine rings is 1. The molecule has 0 N–H and O–H groups in total. The Hall–Kier alpha value is -0.790. The maximum Gasteiger partial charge on any atom is 0.165 e. The Balaban J connectivity index is 2.48. The summed E-state index contributed by atoms with van der Waals surface area (Å²) < 4.78 is 0. The fourth-order valence-electron chi connectivity index (χ4n) is 1.70. The van der Waals surface area contributed by atoms with Crippen molar-refractivity contribution in [2.24, 2.45) is 0 Å². The Labute approximate surface area is 80.6 Å². The molecule has 0 radical (unpaired) electrons. The minimum atomic E-state index is 0.904. The van der Waals surface area contributed by atoms with E-state index in [1.807, 2.05) is 0 Å². The van der Waals surface area contributed by atoms with Gasteiger partial charge in [0.15, 0.2) is 6.29 Å². The third-order valence-electron chi connectivity index (χ3n) is 2.48. The molecule has 0 atom stereocenters. The molecular formula is C11H19NO. The summed E-state index contributed by atoms with van der Waals surface area (Å²) in [6.07, 6.45) is 8.99. The monoisotopic (exact) mass is 181 g/mol. The summed E-state index contributed by atoms with van der Waals surface area (Å²) in [5, 5.41) is 0. The molecule has 13 heavy (non-hydrogen) atoms. The second-order valence-corrected chi connectivity index (χ2v) is 3.58. The minimum absolute atomic E-state index is 0.904.